The van der Waals surface area contributed by atoms with Gasteiger partial charge in [-0.2, -0.15) is 0 Å². The molecule has 1 saturated heterocycles. The van der Waals surface area contributed by atoms with Crippen molar-refractivity contribution in [1.29, 1.82) is 0 Å². The largest absolute Gasteiger partial charge is 0.336 e. The monoisotopic (exact) mass is 388 g/mol. The summed E-state index contributed by atoms with van der Waals surface area (Å²) in [4.78, 5) is 17.2. The molecule has 1 fully saturated rings. The summed E-state index contributed by atoms with van der Waals surface area (Å²) in [7, 11) is 0. The Labute approximate surface area is 171 Å². The van der Waals surface area contributed by atoms with Gasteiger partial charge >= 0.3 is 0 Å². The second-order valence-corrected chi connectivity index (χ2v) is 7.56. The van der Waals surface area contributed by atoms with Crippen LogP contribution in [0, 0.1) is 12.7 Å². The maximum Gasteiger partial charge on any atom is 0.253 e. The minimum atomic E-state index is -0.228. The quantitative estimate of drug-likeness (QED) is 0.648. The molecule has 29 heavy (non-hydrogen) atoms. The van der Waals surface area contributed by atoms with Crippen LogP contribution in [-0.2, 0) is 0 Å². The summed E-state index contributed by atoms with van der Waals surface area (Å²) in [5.41, 5.74) is 4.08. The molecule has 0 aromatic heterocycles. The van der Waals surface area contributed by atoms with E-state index in [1.165, 1.54) is 17.7 Å². The third-order valence-electron chi connectivity index (χ3n) is 5.53. The van der Waals surface area contributed by atoms with Crippen molar-refractivity contribution in [2.24, 2.45) is 0 Å². The van der Waals surface area contributed by atoms with Crippen molar-refractivity contribution in [3.05, 3.63) is 107 Å². The zero-order valence-electron chi connectivity index (χ0n) is 16.6. The van der Waals surface area contributed by atoms with Gasteiger partial charge in [-0.3, -0.25) is 9.69 Å². The molecule has 148 valence electrons. The Morgan fingerprint density at radius 1 is 0.828 bits per heavy atom. The maximum atomic E-state index is 13.5. The Morgan fingerprint density at radius 2 is 1.48 bits per heavy atom. The van der Waals surface area contributed by atoms with E-state index in [0.29, 0.717) is 13.1 Å². The van der Waals surface area contributed by atoms with E-state index in [4.69, 9.17) is 0 Å². The molecule has 1 amide bonds. The van der Waals surface area contributed by atoms with Crippen molar-refractivity contribution in [2.45, 2.75) is 13.0 Å². The van der Waals surface area contributed by atoms with Crippen molar-refractivity contribution in [3.63, 3.8) is 0 Å². The van der Waals surface area contributed by atoms with E-state index in [-0.39, 0.29) is 17.8 Å². The van der Waals surface area contributed by atoms with Gasteiger partial charge in [-0.25, -0.2) is 4.39 Å². The van der Waals surface area contributed by atoms with E-state index >= 15 is 0 Å². The molecule has 3 nitrogen and oxygen atoms in total. The lowest BCUT2D eigenvalue weighted by atomic mass is 9.96. The lowest BCUT2D eigenvalue weighted by Gasteiger charge is -2.39. The molecule has 1 heterocycles. The van der Waals surface area contributed by atoms with E-state index in [1.54, 1.807) is 0 Å². The van der Waals surface area contributed by atoms with Gasteiger partial charge in [-0.1, -0.05) is 60.2 Å². The number of hydrogen-bond donors (Lipinski definition) is 0. The number of hydrogen-bond acceptors (Lipinski definition) is 2. The number of amides is 1. The van der Waals surface area contributed by atoms with Crippen LogP contribution in [0.1, 0.15) is 33.1 Å². The average molecular weight is 388 g/mol. The van der Waals surface area contributed by atoms with E-state index in [9.17, 15) is 9.18 Å². The minimum absolute atomic E-state index is 0.0491. The molecule has 3 aromatic rings. The van der Waals surface area contributed by atoms with Gasteiger partial charge in [-0.15, -0.1) is 0 Å². The van der Waals surface area contributed by atoms with E-state index in [1.807, 2.05) is 66.4 Å². The zero-order valence-corrected chi connectivity index (χ0v) is 16.6. The molecular weight excluding hydrogens is 363 g/mol. The molecular formula is C25H25FN2O. The highest BCUT2D eigenvalue weighted by Crippen LogP contribution is 2.30. The molecule has 0 radical (unpaired) electrons. The smallest absolute Gasteiger partial charge is 0.253 e. The predicted octanol–water partition coefficient (Wildman–Crippen LogP) is 4.68. The third-order valence-corrected chi connectivity index (χ3v) is 5.53. The van der Waals surface area contributed by atoms with Crippen LogP contribution in [0.4, 0.5) is 4.39 Å². The van der Waals surface area contributed by atoms with Crippen LogP contribution in [0.25, 0.3) is 0 Å². The number of piperazine rings is 1. The number of benzene rings is 3. The minimum Gasteiger partial charge on any atom is -0.336 e. The molecule has 3 aromatic carbocycles. The summed E-state index contributed by atoms with van der Waals surface area (Å²) in [6.07, 6.45) is 0. The zero-order chi connectivity index (χ0) is 20.2. The lowest BCUT2D eigenvalue weighted by molar-refractivity contribution is 0.0597. The maximum absolute atomic E-state index is 13.5. The molecule has 0 spiro atoms. The second kappa shape index (κ2) is 8.58. The number of carbonyl (C=O) groups excluding carboxylic acids is 1. The molecule has 4 rings (SSSR count). The van der Waals surface area contributed by atoms with E-state index < -0.39 is 0 Å². The Hall–Kier alpha value is -2.98. The number of carbonyl (C=O) groups is 1. The van der Waals surface area contributed by atoms with Gasteiger partial charge in [0, 0.05) is 31.7 Å². The highest BCUT2D eigenvalue weighted by molar-refractivity contribution is 5.94. The average Bonchev–Trinajstić information content (AvgIpc) is 2.76. The molecule has 1 aliphatic rings. The van der Waals surface area contributed by atoms with Gasteiger partial charge in [0.1, 0.15) is 5.82 Å². The molecule has 1 aliphatic heterocycles. The summed E-state index contributed by atoms with van der Waals surface area (Å²) in [6, 6.07) is 24.8. The normalized spacial score (nSPS) is 15.9. The number of halogens is 1. The summed E-state index contributed by atoms with van der Waals surface area (Å²) in [5, 5.41) is 0. The van der Waals surface area contributed by atoms with Crippen LogP contribution in [0.15, 0.2) is 78.9 Å². The SMILES string of the molecule is Cc1cccc(C(=O)N2CCN([C@@H](c3ccccc3)c3ccc(F)cc3)CC2)c1. The second-order valence-electron chi connectivity index (χ2n) is 7.56. The molecule has 4 heteroatoms. The summed E-state index contributed by atoms with van der Waals surface area (Å²) >= 11 is 0. The Balaban J connectivity index is 1.52. The molecule has 0 unspecified atom stereocenters. The first-order valence-electron chi connectivity index (χ1n) is 10.0. The van der Waals surface area contributed by atoms with Gasteiger partial charge in [0.2, 0.25) is 0 Å². The lowest BCUT2D eigenvalue weighted by Crippen LogP contribution is -2.49. The third kappa shape index (κ3) is 4.38. The molecule has 0 N–H and O–H groups in total. The van der Waals surface area contributed by atoms with Gasteiger partial charge in [0.05, 0.1) is 6.04 Å². The Kier molecular flexibility index (Phi) is 5.72. The topological polar surface area (TPSA) is 23.6 Å². The van der Waals surface area contributed by atoms with Gasteiger partial charge in [0.25, 0.3) is 5.91 Å². The van der Waals surface area contributed by atoms with Crippen LogP contribution in [-0.4, -0.2) is 41.9 Å². The predicted molar refractivity (Wildman–Crippen MR) is 113 cm³/mol. The van der Waals surface area contributed by atoms with Crippen molar-refractivity contribution in [3.8, 4) is 0 Å². The van der Waals surface area contributed by atoms with E-state index in [2.05, 4.69) is 17.0 Å². The number of rotatable bonds is 4. The fraction of sp³-hybridized carbons (Fsp3) is 0.240. The van der Waals surface area contributed by atoms with Crippen LogP contribution in [0.2, 0.25) is 0 Å². The van der Waals surface area contributed by atoms with Crippen molar-refractivity contribution < 1.29 is 9.18 Å². The van der Waals surface area contributed by atoms with Crippen molar-refractivity contribution in [2.75, 3.05) is 26.2 Å². The summed E-state index contributed by atoms with van der Waals surface area (Å²) in [5.74, 6) is -0.138. The molecule has 0 aliphatic carbocycles. The van der Waals surface area contributed by atoms with Crippen LogP contribution >= 0.6 is 0 Å². The molecule has 0 bridgehead atoms. The van der Waals surface area contributed by atoms with Gasteiger partial charge < -0.3 is 4.90 Å². The highest BCUT2D eigenvalue weighted by Gasteiger charge is 2.28. The van der Waals surface area contributed by atoms with Crippen LogP contribution in [0.3, 0.4) is 0 Å². The first-order valence-corrected chi connectivity index (χ1v) is 10.0. The number of nitrogens with zero attached hydrogens (tertiary/aromatic N) is 2. The standard InChI is InChI=1S/C25H25FN2O/c1-19-6-5-9-22(18-19)25(29)28-16-14-27(15-17-28)24(20-7-3-2-4-8-20)21-10-12-23(26)13-11-21/h2-13,18,24H,14-17H2,1H3/t24-/m0/s1. The van der Waals surface area contributed by atoms with Gasteiger partial charge in [-0.05, 0) is 42.3 Å². The molecule has 0 saturated carbocycles. The Bertz CT molecular complexity index is 964. The summed E-state index contributed by atoms with van der Waals surface area (Å²) < 4.78 is 13.5. The highest BCUT2D eigenvalue weighted by atomic mass is 19.1. The fourth-order valence-corrected chi connectivity index (χ4v) is 4.04. The van der Waals surface area contributed by atoms with Gasteiger partial charge in [0.15, 0.2) is 0 Å². The number of aryl methyl sites for hydroxylation is 1. The van der Waals surface area contributed by atoms with Crippen molar-refractivity contribution in [1.82, 2.24) is 9.80 Å². The van der Waals surface area contributed by atoms with Crippen LogP contribution < -0.4 is 0 Å². The fourth-order valence-electron chi connectivity index (χ4n) is 4.04. The summed E-state index contributed by atoms with van der Waals surface area (Å²) in [6.45, 7) is 4.90. The van der Waals surface area contributed by atoms with Crippen molar-refractivity contribution >= 4 is 5.91 Å². The first kappa shape index (κ1) is 19.3. The van der Waals surface area contributed by atoms with Crippen LogP contribution in [0.5, 0.6) is 0 Å². The molecule has 1 atom stereocenters. The Morgan fingerprint density at radius 3 is 2.14 bits per heavy atom. The van der Waals surface area contributed by atoms with E-state index in [0.717, 1.165) is 29.8 Å². The first-order chi connectivity index (χ1) is 14.1.